The largest absolute Gasteiger partial charge is 0.321 e. The first-order valence-corrected chi connectivity index (χ1v) is 4.75. The summed E-state index contributed by atoms with van der Waals surface area (Å²) in [6, 6.07) is -0.566. The highest BCUT2D eigenvalue weighted by molar-refractivity contribution is 6.33. The first-order chi connectivity index (χ1) is 7.11. The second-order valence-electron chi connectivity index (χ2n) is 3.23. The molecule has 0 fully saturated rings. The van der Waals surface area contributed by atoms with E-state index in [0.29, 0.717) is 16.4 Å². The predicted molar refractivity (Wildman–Crippen MR) is 56.0 cm³/mol. The van der Waals surface area contributed by atoms with Crippen LogP contribution in [0.4, 0.5) is 0 Å². The van der Waals surface area contributed by atoms with Gasteiger partial charge >= 0.3 is 0 Å². The fourth-order valence-corrected chi connectivity index (χ4v) is 1.49. The molecule has 0 radical (unpaired) electrons. The molecule has 1 unspecified atom stereocenters. The first-order valence-electron chi connectivity index (χ1n) is 4.37. The van der Waals surface area contributed by atoms with Gasteiger partial charge in [-0.15, -0.1) is 0 Å². The van der Waals surface area contributed by atoms with Crippen LogP contribution in [0.1, 0.15) is 17.4 Å². The van der Waals surface area contributed by atoms with Gasteiger partial charge in [-0.3, -0.25) is 9.20 Å². The van der Waals surface area contributed by atoms with Crippen LogP contribution in [0.3, 0.4) is 0 Å². The smallest absolute Gasteiger partial charge is 0.197 e. The topological polar surface area (TPSA) is 73.3 Å². The van der Waals surface area contributed by atoms with Gasteiger partial charge in [0.05, 0.1) is 18.4 Å². The number of aromatic nitrogens is 3. The molecule has 2 N–H and O–H groups in total. The third kappa shape index (κ3) is 1.60. The van der Waals surface area contributed by atoms with Gasteiger partial charge in [-0.25, -0.2) is 9.97 Å². The molecular weight excluding hydrogens is 216 g/mol. The molecule has 0 aromatic carbocycles. The van der Waals surface area contributed by atoms with Crippen molar-refractivity contribution in [3.8, 4) is 0 Å². The lowest BCUT2D eigenvalue weighted by Gasteiger charge is -2.03. The number of imidazole rings is 1. The van der Waals surface area contributed by atoms with Gasteiger partial charge in [0.2, 0.25) is 0 Å². The summed E-state index contributed by atoms with van der Waals surface area (Å²) < 4.78 is 1.54. The van der Waals surface area contributed by atoms with Crippen molar-refractivity contribution >= 4 is 23.0 Å². The van der Waals surface area contributed by atoms with E-state index in [-0.39, 0.29) is 5.78 Å². The lowest BCUT2D eigenvalue weighted by Crippen LogP contribution is -2.27. The molecule has 0 aliphatic rings. The van der Waals surface area contributed by atoms with Gasteiger partial charge in [-0.2, -0.15) is 0 Å². The maximum atomic E-state index is 11.7. The molecule has 0 saturated carbocycles. The minimum absolute atomic E-state index is 0.188. The van der Waals surface area contributed by atoms with E-state index in [1.54, 1.807) is 6.92 Å². The quantitative estimate of drug-likeness (QED) is 0.770. The number of carbonyl (C=O) groups excluding carboxylic acids is 1. The molecule has 0 amide bonds. The van der Waals surface area contributed by atoms with Gasteiger partial charge in [0.25, 0.3) is 0 Å². The number of ketones is 1. The lowest BCUT2D eigenvalue weighted by molar-refractivity contribution is 0.0962. The van der Waals surface area contributed by atoms with Crippen LogP contribution in [-0.4, -0.2) is 26.2 Å². The van der Waals surface area contributed by atoms with E-state index in [9.17, 15) is 4.79 Å². The average molecular weight is 225 g/mol. The summed E-state index contributed by atoms with van der Waals surface area (Å²) in [5.74, 6) is -0.188. The Kier molecular flexibility index (Phi) is 2.42. The third-order valence-corrected chi connectivity index (χ3v) is 2.31. The zero-order valence-corrected chi connectivity index (χ0v) is 8.77. The van der Waals surface area contributed by atoms with Crippen molar-refractivity contribution in [1.82, 2.24) is 14.4 Å². The van der Waals surface area contributed by atoms with Crippen molar-refractivity contribution in [2.45, 2.75) is 13.0 Å². The molecule has 15 heavy (non-hydrogen) atoms. The van der Waals surface area contributed by atoms with Crippen molar-refractivity contribution in [2.24, 2.45) is 5.73 Å². The highest BCUT2D eigenvalue weighted by Gasteiger charge is 2.16. The summed E-state index contributed by atoms with van der Waals surface area (Å²) in [5.41, 5.74) is 6.42. The molecule has 0 saturated heterocycles. The van der Waals surface area contributed by atoms with E-state index in [0.717, 1.165) is 0 Å². The minimum Gasteiger partial charge on any atom is -0.321 e. The Balaban J connectivity index is 2.64. The van der Waals surface area contributed by atoms with Gasteiger partial charge in [0, 0.05) is 0 Å². The molecular formula is C9H9ClN4O. The van der Waals surface area contributed by atoms with Crippen molar-refractivity contribution in [3.63, 3.8) is 0 Å². The summed E-state index contributed by atoms with van der Waals surface area (Å²) in [5, 5.41) is 0.404. The second kappa shape index (κ2) is 3.60. The molecule has 2 aromatic heterocycles. The Hall–Kier alpha value is -1.46. The van der Waals surface area contributed by atoms with Crippen LogP contribution in [0.25, 0.3) is 5.65 Å². The minimum atomic E-state index is -0.566. The molecule has 0 spiro atoms. The van der Waals surface area contributed by atoms with Gasteiger partial charge in [0.15, 0.2) is 11.4 Å². The van der Waals surface area contributed by atoms with Crippen LogP contribution < -0.4 is 5.73 Å². The number of nitrogens with zero attached hydrogens (tertiary/aromatic N) is 3. The molecule has 5 nitrogen and oxygen atoms in total. The summed E-state index contributed by atoms with van der Waals surface area (Å²) >= 11 is 5.87. The molecule has 6 heteroatoms. The summed E-state index contributed by atoms with van der Waals surface area (Å²) in [7, 11) is 0. The van der Waals surface area contributed by atoms with E-state index in [4.69, 9.17) is 17.3 Å². The summed E-state index contributed by atoms with van der Waals surface area (Å²) in [6.07, 6.45) is 4.42. The average Bonchev–Trinajstić information content (AvgIpc) is 2.61. The highest BCUT2D eigenvalue weighted by Crippen LogP contribution is 2.15. The fourth-order valence-electron chi connectivity index (χ4n) is 1.29. The molecule has 0 aliphatic carbocycles. The second-order valence-corrected chi connectivity index (χ2v) is 3.64. The van der Waals surface area contributed by atoms with Crippen LogP contribution in [-0.2, 0) is 0 Å². The van der Waals surface area contributed by atoms with Crippen molar-refractivity contribution in [2.75, 3.05) is 0 Å². The van der Waals surface area contributed by atoms with Gasteiger partial charge in [-0.05, 0) is 6.92 Å². The SMILES string of the molecule is CC(N)C(=O)c1cnc2c(Cl)cncn12. The molecule has 1 atom stereocenters. The zero-order valence-electron chi connectivity index (χ0n) is 8.01. The Morgan fingerprint density at radius 1 is 1.60 bits per heavy atom. The van der Waals surface area contributed by atoms with E-state index < -0.39 is 6.04 Å². The summed E-state index contributed by atoms with van der Waals surface area (Å²) in [4.78, 5) is 19.6. The Labute approximate surface area is 90.9 Å². The maximum Gasteiger partial charge on any atom is 0.197 e. The molecule has 0 bridgehead atoms. The standard InChI is InChI=1S/C9H9ClN4O/c1-5(11)8(15)7-3-13-9-6(10)2-12-4-14(7)9/h2-5H,11H2,1H3. The molecule has 78 valence electrons. The number of carbonyl (C=O) groups is 1. The Morgan fingerprint density at radius 3 is 3.00 bits per heavy atom. The first kappa shape index (κ1) is 10.1. The molecule has 2 rings (SSSR count). The maximum absolute atomic E-state index is 11.7. The van der Waals surface area contributed by atoms with Crippen LogP contribution in [0.15, 0.2) is 18.7 Å². The van der Waals surface area contributed by atoms with E-state index in [2.05, 4.69) is 9.97 Å². The molecule has 2 heterocycles. The fraction of sp³-hybridized carbons (Fsp3) is 0.222. The van der Waals surface area contributed by atoms with Crippen LogP contribution in [0.5, 0.6) is 0 Å². The third-order valence-electron chi connectivity index (χ3n) is 2.05. The predicted octanol–water partition coefficient (Wildman–Crippen LogP) is 0.913. The number of rotatable bonds is 2. The van der Waals surface area contributed by atoms with E-state index >= 15 is 0 Å². The normalized spacial score (nSPS) is 13.0. The monoisotopic (exact) mass is 224 g/mol. The number of hydrogen-bond donors (Lipinski definition) is 1. The van der Waals surface area contributed by atoms with Crippen molar-refractivity contribution in [3.05, 3.63) is 29.4 Å². The lowest BCUT2D eigenvalue weighted by atomic mass is 10.2. The number of halogens is 1. The van der Waals surface area contributed by atoms with Gasteiger partial charge < -0.3 is 5.73 Å². The van der Waals surface area contributed by atoms with Gasteiger partial charge in [-0.1, -0.05) is 11.6 Å². The number of Topliss-reactive ketones (excluding diaryl/α,β-unsaturated/α-hetero) is 1. The Morgan fingerprint density at radius 2 is 2.33 bits per heavy atom. The van der Waals surface area contributed by atoms with E-state index in [1.165, 1.54) is 23.1 Å². The molecule has 2 aromatic rings. The van der Waals surface area contributed by atoms with Gasteiger partial charge in [0.1, 0.15) is 17.0 Å². The number of fused-ring (bicyclic) bond motifs is 1. The summed E-state index contributed by atoms with van der Waals surface area (Å²) in [6.45, 7) is 1.62. The van der Waals surface area contributed by atoms with Crippen LogP contribution in [0.2, 0.25) is 5.02 Å². The Bertz CT molecular complexity index is 520. The van der Waals surface area contributed by atoms with Crippen molar-refractivity contribution < 1.29 is 4.79 Å². The van der Waals surface area contributed by atoms with Crippen molar-refractivity contribution in [1.29, 1.82) is 0 Å². The molecule has 0 aliphatic heterocycles. The zero-order chi connectivity index (χ0) is 11.0. The van der Waals surface area contributed by atoms with Crippen LogP contribution in [0, 0.1) is 0 Å². The number of hydrogen-bond acceptors (Lipinski definition) is 4. The number of nitrogens with two attached hydrogens (primary N) is 1. The van der Waals surface area contributed by atoms with E-state index in [1.807, 2.05) is 0 Å². The highest BCUT2D eigenvalue weighted by atomic mass is 35.5. The van der Waals surface area contributed by atoms with Crippen LogP contribution >= 0.6 is 11.6 Å².